The van der Waals surface area contributed by atoms with Gasteiger partial charge in [0.25, 0.3) is 5.91 Å². The lowest BCUT2D eigenvalue weighted by atomic mass is 10.1. The first-order chi connectivity index (χ1) is 10.5. The summed E-state index contributed by atoms with van der Waals surface area (Å²) in [6, 6.07) is 2.89. The van der Waals surface area contributed by atoms with Crippen LogP contribution < -0.4 is 20.1 Å². The van der Waals surface area contributed by atoms with Crippen LogP contribution in [0.3, 0.4) is 0 Å². The maximum Gasteiger partial charge on any atom is 0.326 e. The van der Waals surface area contributed by atoms with E-state index in [-0.39, 0.29) is 12.3 Å². The van der Waals surface area contributed by atoms with Gasteiger partial charge < -0.3 is 14.8 Å². The van der Waals surface area contributed by atoms with Crippen LogP contribution in [0.1, 0.15) is 12.5 Å². The number of amides is 3. The fraction of sp³-hybridized carbons (Fsp3) is 0.200. The molecule has 1 fully saturated rings. The van der Waals surface area contributed by atoms with Crippen molar-refractivity contribution in [2.75, 3.05) is 13.2 Å². The number of hydrogen-bond donors (Lipinski definition) is 2. The molecule has 2 rings (SSSR count). The quantitative estimate of drug-likeness (QED) is 0.476. The first-order valence-corrected chi connectivity index (χ1v) is 7.21. The smallest absolute Gasteiger partial charge is 0.326 e. The van der Waals surface area contributed by atoms with Crippen molar-refractivity contribution in [3.63, 3.8) is 0 Å². The Morgan fingerprint density at radius 3 is 2.68 bits per heavy atom. The molecule has 0 spiro atoms. The summed E-state index contributed by atoms with van der Waals surface area (Å²) < 4.78 is 11.6. The second kappa shape index (κ2) is 7.00. The summed E-state index contributed by atoms with van der Waals surface area (Å²) in [7, 11) is 0. The Hall–Kier alpha value is -2.46. The van der Waals surface area contributed by atoms with E-state index in [4.69, 9.17) is 15.9 Å². The predicted molar refractivity (Wildman–Crippen MR) is 84.3 cm³/mol. The first kappa shape index (κ1) is 15.9. The molecule has 2 N–H and O–H groups in total. The van der Waals surface area contributed by atoms with E-state index >= 15 is 0 Å². The highest BCUT2D eigenvalue weighted by molar-refractivity contribution is 9.10. The number of rotatable bonds is 5. The Labute approximate surface area is 136 Å². The van der Waals surface area contributed by atoms with E-state index in [1.807, 2.05) is 6.92 Å². The second-order valence-corrected chi connectivity index (χ2v) is 5.08. The van der Waals surface area contributed by atoms with Crippen molar-refractivity contribution in [2.24, 2.45) is 0 Å². The summed E-state index contributed by atoms with van der Waals surface area (Å²) in [6.07, 6.45) is 6.73. The number of imide groups is 1. The zero-order valence-electron chi connectivity index (χ0n) is 11.7. The molecule has 1 aliphatic rings. The molecule has 0 aromatic heterocycles. The maximum atomic E-state index is 11.5. The molecular formula is C15H13BrN2O4. The molecular weight excluding hydrogens is 352 g/mol. The molecule has 1 aliphatic heterocycles. The van der Waals surface area contributed by atoms with Crippen LogP contribution in [0.15, 0.2) is 22.3 Å². The summed E-state index contributed by atoms with van der Waals surface area (Å²) in [4.78, 5) is 22.6. The summed E-state index contributed by atoms with van der Waals surface area (Å²) in [5.41, 5.74) is 0.826. The van der Waals surface area contributed by atoms with Gasteiger partial charge in [0.15, 0.2) is 11.5 Å². The maximum absolute atomic E-state index is 11.5. The minimum atomic E-state index is -0.547. The van der Waals surface area contributed by atoms with Crippen LogP contribution >= 0.6 is 15.9 Å². The Morgan fingerprint density at radius 2 is 2.09 bits per heavy atom. The van der Waals surface area contributed by atoms with Gasteiger partial charge >= 0.3 is 6.03 Å². The number of hydrogen-bond acceptors (Lipinski definition) is 4. The third-order valence-electron chi connectivity index (χ3n) is 2.66. The van der Waals surface area contributed by atoms with Crippen molar-refractivity contribution >= 4 is 33.9 Å². The number of terminal acetylenes is 1. The second-order valence-electron chi connectivity index (χ2n) is 4.22. The molecule has 0 radical (unpaired) electrons. The number of carbonyl (C=O) groups excluding carboxylic acids is 2. The number of benzene rings is 1. The van der Waals surface area contributed by atoms with Crippen molar-refractivity contribution in [2.45, 2.75) is 6.92 Å². The minimum Gasteiger partial charge on any atom is -0.490 e. The molecule has 6 nitrogen and oxygen atoms in total. The SMILES string of the molecule is C#CCOc1c(Br)cc(/C=C2\NC(=O)NC2=O)cc1OCC. The average molecular weight is 365 g/mol. The third-order valence-corrected chi connectivity index (χ3v) is 3.25. The van der Waals surface area contributed by atoms with E-state index < -0.39 is 11.9 Å². The molecule has 7 heteroatoms. The number of ether oxygens (including phenoxy) is 2. The average Bonchev–Trinajstić information content (AvgIpc) is 2.76. The molecule has 0 aliphatic carbocycles. The molecule has 114 valence electrons. The third kappa shape index (κ3) is 3.59. The number of urea groups is 1. The fourth-order valence-corrected chi connectivity index (χ4v) is 2.41. The highest BCUT2D eigenvalue weighted by Gasteiger charge is 2.23. The molecule has 3 amide bonds. The molecule has 22 heavy (non-hydrogen) atoms. The van der Waals surface area contributed by atoms with Crippen molar-refractivity contribution in [3.05, 3.63) is 27.9 Å². The summed E-state index contributed by atoms with van der Waals surface area (Å²) in [5, 5.41) is 4.55. The number of halogens is 1. The van der Waals surface area contributed by atoms with Gasteiger partial charge in [-0.25, -0.2) is 4.79 Å². The van der Waals surface area contributed by atoms with Crippen LogP contribution in [-0.2, 0) is 4.79 Å². The van der Waals surface area contributed by atoms with E-state index in [9.17, 15) is 9.59 Å². The Bertz CT molecular complexity index is 692. The van der Waals surface area contributed by atoms with E-state index in [0.717, 1.165) is 0 Å². The van der Waals surface area contributed by atoms with Gasteiger partial charge in [0, 0.05) is 0 Å². The summed E-state index contributed by atoms with van der Waals surface area (Å²) in [5.74, 6) is 2.88. The predicted octanol–water partition coefficient (Wildman–Crippen LogP) is 2.04. The molecule has 1 aromatic carbocycles. The highest BCUT2D eigenvalue weighted by atomic mass is 79.9. The molecule has 0 saturated carbocycles. The minimum absolute atomic E-state index is 0.109. The molecule has 0 atom stereocenters. The summed E-state index contributed by atoms with van der Waals surface area (Å²) in [6.45, 7) is 2.39. The Kier molecular flexibility index (Phi) is 5.07. The lowest BCUT2D eigenvalue weighted by Crippen LogP contribution is -2.22. The van der Waals surface area contributed by atoms with Crippen molar-refractivity contribution < 1.29 is 19.1 Å². The normalized spacial score (nSPS) is 15.2. The van der Waals surface area contributed by atoms with Gasteiger partial charge in [-0.05, 0) is 46.6 Å². The first-order valence-electron chi connectivity index (χ1n) is 6.41. The molecule has 1 aromatic rings. The molecule has 0 bridgehead atoms. The van der Waals surface area contributed by atoms with Gasteiger partial charge in [-0.2, -0.15) is 0 Å². The van der Waals surface area contributed by atoms with Gasteiger partial charge in [0.05, 0.1) is 11.1 Å². The Morgan fingerprint density at radius 1 is 1.32 bits per heavy atom. The standard InChI is InChI=1S/C15H13BrN2O4/c1-3-5-22-13-10(16)6-9(8-12(13)21-4-2)7-11-14(19)18-15(20)17-11/h1,6-8H,4-5H2,2H3,(H2,17,18,19,20)/b11-7-. The lowest BCUT2D eigenvalue weighted by Gasteiger charge is -2.13. The lowest BCUT2D eigenvalue weighted by molar-refractivity contribution is -0.115. The zero-order valence-corrected chi connectivity index (χ0v) is 13.3. The molecule has 0 unspecified atom stereocenters. The van der Waals surface area contributed by atoms with Crippen LogP contribution in [0.2, 0.25) is 0 Å². The van der Waals surface area contributed by atoms with E-state index in [1.165, 1.54) is 0 Å². The summed E-state index contributed by atoms with van der Waals surface area (Å²) >= 11 is 3.38. The van der Waals surface area contributed by atoms with Crippen LogP contribution in [0.25, 0.3) is 6.08 Å². The van der Waals surface area contributed by atoms with Crippen molar-refractivity contribution in [1.29, 1.82) is 0 Å². The van der Waals surface area contributed by atoms with Gasteiger partial charge in [0.1, 0.15) is 12.3 Å². The van der Waals surface area contributed by atoms with Gasteiger partial charge in [-0.1, -0.05) is 5.92 Å². The largest absolute Gasteiger partial charge is 0.490 e. The van der Waals surface area contributed by atoms with Crippen LogP contribution in [0, 0.1) is 12.3 Å². The van der Waals surface area contributed by atoms with Crippen molar-refractivity contribution in [1.82, 2.24) is 10.6 Å². The fourth-order valence-electron chi connectivity index (χ4n) is 1.84. The van der Waals surface area contributed by atoms with Crippen molar-refractivity contribution in [3.8, 4) is 23.8 Å². The van der Waals surface area contributed by atoms with Gasteiger partial charge in [-0.3, -0.25) is 10.1 Å². The zero-order chi connectivity index (χ0) is 16.1. The molecule has 1 heterocycles. The van der Waals surface area contributed by atoms with E-state index in [2.05, 4.69) is 32.5 Å². The van der Waals surface area contributed by atoms with Crippen LogP contribution in [-0.4, -0.2) is 25.2 Å². The van der Waals surface area contributed by atoms with Crippen LogP contribution in [0.4, 0.5) is 4.79 Å². The highest BCUT2D eigenvalue weighted by Crippen LogP contribution is 2.37. The number of carbonyl (C=O) groups is 2. The van der Waals surface area contributed by atoms with E-state index in [1.54, 1.807) is 18.2 Å². The van der Waals surface area contributed by atoms with Gasteiger partial charge in [0.2, 0.25) is 0 Å². The van der Waals surface area contributed by atoms with E-state index in [0.29, 0.717) is 28.1 Å². The molecule has 1 saturated heterocycles. The number of nitrogens with one attached hydrogen (secondary N) is 2. The van der Waals surface area contributed by atoms with Crippen LogP contribution in [0.5, 0.6) is 11.5 Å². The Balaban J connectivity index is 2.38. The van der Waals surface area contributed by atoms with Gasteiger partial charge in [-0.15, -0.1) is 6.42 Å². The monoisotopic (exact) mass is 364 g/mol. The topological polar surface area (TPSA) is 76.7 Å².